The first-order chi connectivity index (χ1) is 8.08. The molecule has 1 N–H and O–H groups in total. The van der Waals surface area contributed by atoms with Crippen LogP contribution in [0, 0.1) is 5.82 Å². The second-order valence-electron chi connectivity index (χ2n) is 4.24. The Balaban J connectivity index is 2.11. The molecule has 0 aromatic heterocycles. The fraction of sp³-hybridized carbons (Fsp3) is 0.417. The van der Waals surface area contributed by atoms with Crippen molar-refractivity contribution in [1.82, 2.24) is 4.90 Å². The molecule has 0 heterocycles. The molecule has 1 aliphatic carbocycles. The number of hydrogen-bond donors (Lipinski definition) is 1. The molecule has 2 rings (SSSR count). The zero-order valence-electron chi connectivity index (χ0n) is 9.20. The predicted octanol–water partition coefficient (Wildman–Crippen LogP) is 2.53. The van der Waals surface area contributed by atoms with E-state index in [0.717, 1.165) is 12.8 Å². The molecule has 17 heavy (non-hydrogen) atoms. The summed E-state index contributed by atoms with van der Waals surface area (Å²) in [5.41, 5.74) is 0.639. The molecule has 1 fully saturated rings. The summed E-state index contributed by atoms with van der Waals surface area (Å²) in [6, 6.07) is 4.90. The van der Waals surface area contributed by atoms with Gasteiger partial charge in [0.1, 0.15) is 5.82 Å². The van der Waals surface area contributed by atoms with Gasteiger partial charge in [0.15, 0.2) is 0 Å². The van der Waals surface area contributed by atoms with E-state index in [1.54, 1.807) is 12.1 Å². The molecule has 0 amide bonds. The molecular weight excluding hydrogens is 245 g/mol. The van der Waals surface area contributed by atoms with Crippen molar-refractivity contribution >= 4 is 17.6 Å². The van der Waals surface area contributed by atoms with Crippen molar-refractivity contribution in [3.63, 3.8) is 0 Å². The van der Waals surface area contributed by atoms with Crippen LogP contribution in [0.15, 0.2) is 18.2 Å². The zero-order chi connectivity index (χ0) is 12.4. The first-order valence-electron chi connectivity index (χ1n) is 5.46. The molecule has 3 nitrogen and oxygen atoms in total. The number of halogens is 2. The molecule has 0 bridgehead atoms. The Labute approximate surface area is 104 Å². The summed E-state index contributed by atoms with van der Waals surface area (Å²) >= 11 is 5.85. The summed E-state index contributed by atoms with van der Waals surface area (Å²) in [7, 11) is 0. The van der Waals surface area contributed by atoms with Gasteiger partial charge >= 0.3 is 5.97 Å². The maximum atomic E-state index is 13.2. The quantitative estimate of drug-likeness (QED) is 0.881. The van der Waals surface area contributed by atoms with Gasteiger partial charge in [0.05, 0.1) is 11.6 Å². The van der Waals surface area contributed by atoms with Gasteiger partial charge in [-0.2, -0.15) is 0 Å². The van der Waals surface area contributed by atoms with Gasteiger partial charge < -0.3 is 5.11 Å². The van der Waals surface area contributed by atoms with Crippen LogP contribution in [-0.2, 0) is 11.3 Å². The zero-order valence-corrected chi connectivity index (χ0v) is 9.95. The highest BCUT2D eigenvalue weighted by molar-refractivity contribution is 6.31. The third kappa shape index (κ3) is 3.17. The van der Waals surface area contributed by atoms with Gasteiger partial charge in [-0.05, 0) is 24.5 Å². The lowest BCUT2D eigenvalue weighted by molar-refractivity contribution is -0.138. The van der Waals surface area contributed by atoms with E-state index in [1.165, 1.54) is 6.07 Å². The SMILES string of the molecule is O=C(O)CN(Cc1cccc(F)c1Cl)C1CC1. The lowest BCUT2D eigenvalue weighted by atomic mass is 10.2. The van der Waals surface area contributed by atoms with Crippen LogP contribution in [0.5, 0.6) is 0 Å². The summed E-state index contributed by atoms with van der Waals surface area (Å²) in [6.07, 6.45) is 2.00. The molecule has 0 aliphatic heterocycles. The molecule has 5 heteroatoms. The molecule has 0 atom stereocenters. The molecular formula is C12H13ClFNO2. The molecule has 1 aromatic rings. The number of hydrogen-bond acceptors (Lipinski definition) is 2. The maximum absolute atomic E-state index is 13.2. The third-order valence-corrected chi connectivity index (χ3v) is 3.23. The number of rotatable bonds is 5. The lowest BCUT2D eigenvalue weighted by Gasteiger charge is -2.20. The van der Waals surface area contributed by atoms with E-state index >= 15 is 0 Å². The first kappa shape index (κ1) is 12.3. The summed E-state index contributed by atoms with van der Waals surface area (Å²) < 4.78 is 13.2. The second kappa shape index (κ2) is 5.02. The fourth-order valence-corrected chi connectivity index (χ4v) is 2.00. The van der Waals surface area contributed by atoms with Crippen LogP contribution in [0.4, 0.5) is 4.39 Å². The smallest absolute Gasteiger partial charge is 0.317 e. The van der Waals surface area contributed by atoms with Gasteiger partial charge in [-0.15, -0.1) is 0 Å². The molecule has 1 aliphatic rings. The highest BCUT2D eigenvalue weighted by Crippen LogP contribution is 2.30. The fourth-order valence-electron chi connectivity index (χ4n) is 1.82. The lowest BCUT2D eigenvalue weighted by Crippen LogP contribution is -2.31. The third-order valence-electron chi connectivity index (χ3n) is 2.81. The van der Waals surface area contributed by atoms with E-state index in [9.17, 15) is 9.18 Å². The van der Waals surface area contributed by atoms with E-state index in [0.29, 0.717) is 18.2 Å². The van der Waals surface area contributed by atoms with Crippen molar-refractivity contribution in [1.29, 1.82) is 0 Å². The Bertz CT molecular complexity index is 435. The van der Waals surface area contributed by atoms with E-state index in [1.807, 2.05) is 4.90 Å². The molecule has 1 saturated carbocycles. The Morgan fingerprint density at radius 3 is 2.82 bits per heavy atom. The minimum absolute atomic E-state index is 0.0302. The van der Waals surface area contributed by atoms with Crippen LogP contribution in [0.3, 0.4) is 0 Å². The number of carboxylic acids is 1. The topological polar surface area (TPSA) is 40.5 Å². The number of aliphatic carboxylic acids is 1. The molecule has 1 aromatic carbocycles. The summed E-state index contributed by atoms with van der Waals surface area (Å²) in [6.45, 7) is 0.352. The van der Waals surface area contributed by atoms with Crippen LogP contribution < -0.4 is 0 Å². The normalized spacial score (nSPS) is 15.2. The number of benzene rings is 1. The molecule has 0 radical (unpaired) electrons. The molecule has 0 unspecified atom stereocenters. The van der Waals surface area contributed by atoms with Crippen LogP contribution in [0.1, 0.15) is 18.4 Å². The Kier molecular flexibility index (Phi) is 3.64. The van der Waals surface area contributed by atoms with E-state index in [4.69, 9.17) is 16.7 Å². The van der Waals surface area contributed by atoms with Gasteiger partial charge in [-0.3, -0.25) is 9.69 Å². The van der Waals surface area contributed by atoms with Crippen LogP contribution in [0.25, 0.3) is 0 Å². The van der Waals surface area contributed by atoms with Crippen molar-refractivity contribution in [2.24, 2.45) is 0 Å². The first-order valence-corrected chi connectivity index (χ1v) is 5.84. The predicted molar refractivity (Wildman–Crippen MR) is 62.5 cm³/mol. The van der Waals surface area contributed by atoms with Crippen molar-refractivity contribution in [3.05, 3.63) is 34.6 Å². The van der Waals surface area contributed by atoms with Gasteiger partial charge in [-0.25, -0.2) is 4.39 Å². The van der Waals surface area contributed by atoms with E-state index < -0.39 is 11.8 Å². The van der Waals surface area contributed by atoms with E-state index in [2.05, 4.69) is 0 Å². The summed E-state index contributed by atoms with van der Waals surface area (Å²) in [4.78, 5) is 12.6. The van der Waals surface area contributed by atoms with Crippen molar-refractivity contribution in [2.45, 2.75) is 25.4 Å². The number of nitrogens with zero attached hydrogens (tertiary/aromatic N) is 1. The van der Waals surface area contributed by atoms with Crippen molar-refractivity contribution in [2.75, 3.05) is 6.54 Å². The number of carboxylic acid groups (broad SMARTS) is 1. The van der Waals surface area contributed by atoms with Crippen molar-refractivity contribution < 1.29 is 14.3 Å². The minimum atomic E-state index is -0.871. The summed E-state index contributed by atoms with van der Waals surface area (Å²) in [5.74, 6) is -1.33. The monoisotopic (exact) mass is 257 g/mol. The Morgan fingerprint density at radius 2 is 2.24 bits per heavy atom. The average Bonchev–Trinajstić information content (AvgIpc) is 3.06. The molecule has 0 spiro atoms. The second-order valence-corrected chi connectivity index (χ2v) is 4.62. The van der Waals surface area contributed by atoms with E-state index in [-0.39, 0.29) is 11.6 Å². The standard InChI is InChI=1S/C12H13ClFNO2/c13-12-8(2-1-3-10(12)14)6-15(7-11(16)17)9-4-5-9/h1-3,9H,4-7H2,(H,16,17). The summed E-state index contributed by atoms with van der Waals surface area (Å²) in [5, 5.41) is 8.90. The largest absolute Gasteiger partial charge is 0.480 e. The van der Waals surface area contributed by atoms with Crippen molar-refractivity contribution in [3.8, 4) is 0 Å². The molecule has 0 saturated heterocycles. The Hall–Kier alpha value is -1.13. The van der Waals surface area contributed by atoms with Gasteiger partial charge in [0.2, 0.25) is 0 Å². The Morgan fingerprint density at radius 1 is 1.53 bits per heavy atom. The van der Waals surface area contributed by atoms with Gasteiger partial charge in [0.25, 0.3) is 0 Å². The van der Waals surface area contributed by atoms with Crippen LogP contribution >= 0.6 is 11.6 Å². The van der Waals surface area contributed by atoms with Crippen LogP contribution in [-0.4, -0.2) is 28.6 Å². The molecule has 92 valence electrons. The highest BCUT2D eigenvalue weighted by atomic mass is 35.5. The maximum Gasteiger partial charge on any atom is 0.317 e. The number of carbonyl (C=O) groups is 1. The van der Waals surface area contributed by atoms with Gasteiger partial charge in [-0.1, -0.05) is 23.7 Å². The highest BCUT2D eigenvalue weighted by Gasteiger charge is 2.30. The van der Waals surface area contributed by atoms with Crippen LogP contribution in [0.2, 0.25) is 5.02 Å². The van der Waals surface area contributed by atoms with Gasteiger partial charge in [0, 0.05) is 12.6 Å². The average molecular weight is 258 g/mol. The minimum Gasteiger partial charge on any atom is -0.480 e.